The summed E-state index contributed by atoms with van der Waals surface area (Å²) in [6.45, 7) is -1.24. The maximum atomic E-state index is 14.2. The molecule has 0 aromatic heterocycles. The number of alkyl carbamates (subject to hydrolysis) is 1. The van der Waals surface area contributed by atoms with Gasteiger partial charge in [-0.3, -0.25) is 10.1 Å². The number of nitrogens with zero attached hydrogens (tertiary/aromatic N) is 1. The lowest BCUT2D eigenvalue weighted by molar-refractivity contribution is -0.384. The van der Waals surface area contributed by atoms with Gasteiger partial charge in [0.15, 0.2) is 0 Å². The number of nitro benzene ring substituents is 1. The minimum Gasteiger partial charge on any atom is -0.445 e. The third kappa shape index (κ3) is 6.77. The van der Waals surface area contributed by atoms with Crippen LogP contribution in [0.5, 0.6) is 0 Å². The first-order valence-corrected chi connectivity index (χ1v) is 8.68. The summed E-state index contributed by atoms with van der Waals surface area (Å²) in [5.41, 5.74) is 6.67. The average molecular weight is 409 g/mol. The molecule has 0 heterocycles. The van der Waals surface area contributed by atoms with Crippen molar-refractivity contribution >= 4 is 11.8 Å². The molecule has 29 heavy (non-hydrogen) atoms. The van der Waals surface area contributed by atoms with Crippen molar-refractivity contribution in [2.45, 2.75) is 31.1 Å². The van der Waals surface area contributed by atoms with Crippen LogP contribution in [0.25, 0.3) is 0 Å². The number of ether oxygens (including phenoxy) is 1. The Morgan fingerprint density at radius 3 is 2.38 bits per heavy atom. The summed E-state index contributed by atoms with van der Waals surface area (Å²) < 4.78 is 33.2. The van der Waals surface area contributed by atoms with Gasteiger partial charge in [0.25, 0.3) is 11.6 Å². The zero-order valence-corrected chi connectivity index (χ0v) is 15.3. The Morgan fingerprint density at radius 2 is 1.79 bits per heavy atom. The molecule has 2 unspecified atom stereocenters. The fourth-order valence-corrected chi connectivity index (χ4v) is 2.52. The third-order valence-corrected chi connectivity index (χ3v) is 4.14. The molecule has 0 aliphatic carbocycles. The van der Waals surface area contributed by atoms with Crippen LogP contribution in [-0.2, 0) is 17.8 Å². The van der Waals surface area contributed by atoms with E-state index >= 15 is 0 Å². The fraction of sp³-hybridized carbons (Fsp3) is 0.316. The van der Waals surface area contributed by atoms with Gasteiger partial charge < -0.3 is 20.9 Å². The van der Waals surface area contributed by atoms with Gasteiger partial charge in [0.2, 0.25) is 0 Å². The normalized spacial score (nSPS) is 13.4. The fourth-order valence-electron chi connectivity index (χ4n) is 2.52. The Labute approximate surface area is 165 Å². The summed E-state index contributed by atoms with van der Waals surface area (Å²) in [6, 6.07) is 12.5. The lowest BCUT2D eigenvalue weighted by Gasteiger charge is -2.27. The number of nitrogens with two attached hydrogens (primary N) is 1. The summed E-state index contributed by atoms with van der Waals surface area (Å²) in [7, 11) is 0. The molecule has 2 rings (SSSR count). The average Bonchev–Trinajstić information content (AvgIpc) is 2.71. The van der Waals surface area contributed by atoms with E-state index in [1.54, 1.807) is 30.3 Å². The zero-order valence-electron chi connectivity index (χ0n) is 15.3. The number of nitrogens with one attached hydrogen (secondary N) is 1. The highest BCUT2D eigenvalue weighted by molar-refractivity contribution is 5.67. The number of aliphatic hydroxyl groups is 1. The summed E-state index contributed by atoms with van der Waals surface area (Å²) in [5.74, 6) is -3.70. The van der Waals surface area contributed by atoms with E-state index in [9.17, 15) is 28.8 Å². The van der Waals surface area contributed by atoms with Crippen LogP contribution in [0.1, 0.15) is 11.1 Å². The lowest BCUT2D eigenvalue weighted by Crippen LogP contribution is -2.53. The van der Waals surface area contributed by atoms with Crippen LogP contribution in [0, 0.1) is 10.1 Å². The van der Waals surface area contributed by atoms with E-state index in [1.165, 1.54) is 24.3 Å². The predicted molar refractivity (Wildman–Crippen MR) is 100 cm³/mol. The van der Waals surface area contributed by atoms with Crippen molar-refractivity contribution in [3.63, 3.8) is 0 Å². The molecule has 2 aromatic carbocycles. The summed E-state index contributed by atoms with van der Waals surface area (Å²) in [5, 5.41) is 22.4. The molecule has 156 valence electrons. The number of benzene rings is 2. The number of non-ortho nitro benzene ring substituents is 1. The Morgan fingerprint density at radius 1 is 1.17 bits per heavy atom. The SMILES string of the molecule is NC(Cc1ccc([N+](=O)[O-])cc1)C(O)C(F)(F)CNC(=O)OCc1ccccc1. The van der Waals surface area contributed by atoms with Crippen LogP contribution in [-0.4, -0.2) is 40.7 Å². The molecule has 0 radical (unpaired) electrons. The van der Waals surface area contributed by atoms with Gasteiger partial charge in [0.1, 0.15) is 12.7 Å². The number of hydrogen-bond donors (Lipinski definition) is 3. The molecule has 10 heteroatoms. The maximum Gasteiger partial charge on any atom is 0.407 e. The van der Waals surface area contributed by atoms with Gasteiger partial charge in [-0.1, -0.05) is 42.5 Å². The molecule has 4 N–H and O–H groups in total. The molecular formula is C19H21F2N3O5. The molecule has 0 spiro atoms. The quantitative estimate of drug-likeness (QED) is 0.431. The highest BCUT2D eigenvalue weighted by Gasteiger charge is 2.42. The number of nitro groups is 1. The van der Waals surface area contributed by atoms with Crippen molar-refractivity contribution < 1.29 is 28.3 Å². The van der Waals surface area contributed by atoms with E-state index < -0.39 is 35.6 Å². The van der Waals surface area contributed by atoms with Crippen LogP contribution in [0.2, 0.25) is 0 Å². The molecule has 0 aliphatic heterocycles. The van der Waals surface area contributed by atoms with Crippen LogP contribution < -0.4 is 11.1 Å². The van der Waals surface area contributed by atoms with Crippen LogP contribution in [0.4, 0.5) is 19.3 Å². The van der Waals surface area contributed by atoms with Crippen molar-refractivity contribution in [2.24, 2.45) is 5.73 Å². The summed E-state index contributed by atoms with van der Waals surface area (Å²) in [4.78, 5) is 21.6. The van der Waals surface area contributed by atoms with E-state index in [0.717, 1.165) is 0 Å². The van der Waals surface area contributed by atoms with Gasteiger partial charge in [-0.2, -0.15) is 0 Å². The molecule has 8 nitrogen and oxygen atoms in total. The molecule has 0 bridgehead atoms. The molecular weight excluding hydrogens is 388 g/mol. The van der Waals surface area contributed by atoms with Gasteiger partial charge in [0.05, 0.1) is 11.5 Å². The first-order chi connectivity index (χ1) is 13.7. The number of rotatable bonds is 9. The van der Waals surface area contributed by atoms with Gasteiger partial charge in [-0.15, -0.1) is 0 Å². The maximum absolute atomic E-state index is 14.2. The second kappa shape index (κ2) is 9.89. The van der Waals surface area contributed by atoms with E-state index in [0.29, 0.717) is 11.1 Å². The molecule has 0 saturated carbocycles. The highest BCUT2D eigenvalue weighted by Crippen LogP contribution is 2.22. The first-order valence-electron chi connectivity index (χ1n) is 8.68. The van der Waals surface area contributed by atoms with Crippen molar-refractivity contribution in [3.05, 3.63) is 75.8 Å². The first kappa shape index (κ1) is 22.2. The Balaban J connectivity index is 1.83. The number of aliphatic hydroxyl groups excluding tert-OH is 1. The number of alkyl halides is 2. The van der Waals surface area contributed by atoms with Crippen molar-refractivity contribution in [3.8, 4) is 0 Å². The van der Waals surface area contributed by atoms with Crippen molar-refractivity contribution in [1.29, 1.82) is 0 Å². The Hall–Kier alpha value is -3.11. The van der Waals surface area contributed by atoms with Crippen LogP contribution >= 0.6 is 0 Å². The summed E-state index contributed by atoms with van der Waals surface area (Å²) >= 11 is 0. The van der Waals surface area contributed by atoms with Crippen molar-refractivity contribution in [1.82, 2.24) is 5.32 Å². The van der Waals surface area contributed by atoms with Gasteiger partial charge in [-0.05, 0) is 17.5 Å². The van der Waals surface area contributed by atoms with E-state index in [2.05, 4.69) is 0 Å². The molecule has 2 atom stereocenters. The number of hydrogen-bond acceptors (Lipinski definition) is 6. The van der Waals surface area contributed by atoms with Crippen LogP contribution in [0.3, 0.4) is 0 Å². The number of amides is 1. The van der Waals surface area contributed by atoms with Gasteiger partial charge in [-0.25, -0.2) is 13.6 Å². The lowest BCUT2D eigenvalue weighted by atomic mass is 9.98. The zero-order chi connectivity index (χ0) is 21.4. The minimum atomic E-state index is -3.70. The second-order valence-corrected chi connectivity index (χ2v) is 6.41. The predicted octanol–water partition coefficient (Wildman–Crippen LogP) is 2.39. The number of carbonyl (C=O) groups is 1. The minimum absolute atomic E-state index is 0.0829. The summed E-state index contributed by atoms with van der Waals surface area (Å²) in [6.07, 6.45) is -3.43. The van der Waals surface area contributed by atoms with Gasteiger partial charge in [0, 0.05) is 18.2 Å². The molecule has 0 aliphatic rings. The monoisotopic (exact) mass is 409 g/mol. The Bertz CT molecular complexity index is 818. The largest absolute Gasteiger partial charge is 0.445 e. The van der Waals surface area contributed by atoms with E-state index in [4.69, 9.17) is 10.5 Å². The second-order valence-electron chi connectivity index (χ2n) is 6.41. The standard InChI is InChI=1S/C19H21F2N3O5/c20-19(21,12-23-18(26)29-11-14-4-2-1-3-5-14)17(25)16(22)10-13-6-8-15(9-7-13)24(27)28/h1-9,16-17,25H,10-12,22H2,(H,23,26). The van der Waals surface area contributed by atoms with E-state index in [1.807, 2.05) is 5.32 Å². The molecule has 1 amide bonds. The molecule has 2 aromatic rings. The van der Waals surface area contributed by atoms with E-state index in [-0.39, 0.29) is 18.7 Å². The smallest absolute Gasteiger partial charge is 0.407 e. The number of carbonyl (C=O) groups excluding carboxylic acids is 1. The topological polar surface area (TPSA) is 128 Å². The third-order valence-electron chi connectivity index (χ3n) is 4.14. The Kier molecular flexibility index (Phi) is 7.57. The number of halogens is 2. The highest BCUT2D eigenvalue weighted by atomic mass is 19.3. The molecule has 0 saturated heterocycles. The van der Waals surface area contributed by atoms with Crippen LogP contribution in [0.15, 0.2) is 54.6 Å². The van der Waals surface area contributed by atoms with Gasteiger partial charge >= 0.3 is 6.09 Å². The molecule has 0 fully saturated rings. The van der Waals surface area contributed by atoms with Crippen molar-refractivity contribution in [2.75, 3.05) is 6.54 Å².